The molecule has 0 atom stereocenters. The van der Waals surface area contributed by atoms with Gasteiger partial charge < -0.3 is 4.74 Å². The summed E-state index contributed by atoms with van der Waals surface area (Å²) in [6, 6.07) is 17.1. The number of carbonyl (C=O) groups excluding carboxylic acids is 1. The van der Waals surface area contributed by atoms with Crippen molar-refractivity contribution in [3.63, 3.8) is 0 Å². The monoisotopic (exact) mass is 347 g/mol. The van der Waals surface area contributed by atoms with Gasteiger partial charge in [-0.25, -0.2) is 0 Å². The molecule has 5 nitrogen and oxygen atoms in total. The van der Waals surface area contributed by atoms with E-state index < -0.39 is 0 Å². The summed E-state index contributed by atoms with van der Waals surface area (Å²) in [5.41, 5.74) is 4.20. The maximum Gasteiger partial charge on any atom is 0.259 e. The van der Waals surface area contributed by atoms with Gasteiger partial charge >= 0.3 is 0 Å². The van der Waals surface area contributed by atoms with Crippen LogP contribution in [0.3, 0.4) is 0 Å². The molecule has 2 aromatic carbocycles. The molecule has 0 spiro atoms. The number of rotatable bonds is 4. The van der Waals surface area contributed by atoms with Crippen LogP contribution in [0.25, 0.3) is 11.3 Å². The van der Waals surface area contributed by atoms with Crippen LogP contribution in [-0.2, 0) is 0 Å². The molecule has 132 valence electrons. The average Bonchev–Trinajstić information content (AvgIpc) is 2.67. The standard InChI is InChI=1S/C21H21N3O2/c1-14-12-17(13-15(2)20(14)26-4)21(25)24(3)19-11-10-18(22-23-19)16-8-6-5-7-9-16/h5-13H,1-4H3. The van der Waals surface area contributed by atoms with E-state index in [4.69, 9.17) is 4.74 Å². The SMILES string of the molecule is COc1c(C)cc(C(=O)N(C)c2ccc(-c3ccccc3)nn2)cc1C. The Morgan fingerprint density at radius 3 is 2.15 bits per heavy atom. The largest absolute Gasteiger partial charge is 0.496 e. The van der Waals surface area contributed by atoms with Crippen molar-refractivity contribution in [3.8, 4) is 17.0 Å². The molecular formula is C21H21N3O2. The normalized spacial score (nSPS) is 10.5. The summed E-state index contributed by atoms with van der Waals surface area (Å²) in [4.78, 5) is 14.3. The first kappa shape index (κ1) is 17.6. The number of ether oxygens (including phenoxy) is 1. The van der Waals surface area contributed by atoms with Gasteiger partial charge in [-0.15, -0.1) is 10.2 Å². The number of hydrogen-bond acceptors (Lipinski definition) is 4. The van der Waals surface area contributed by atoms with E-state index in [-0.39, 0.29) is 5.91 Å². The highest BCUT2D eigenvalue weighted by atomic mass is 16.5. The van der Waals surface area contributed by atoms with E-state index in [2.05, 4.69) is 10.2 Å². The molecule has 3 rings (SSSR count). The molecule has 3 aromatic rings. The third kappa shape index (κ3) is 3.42. The van der Waals surface area contributed by atoms with E-state index in [1.807, 2.05) is 62.4 Å². The Bertz CT molecular complexity index is 899. The summed E-state index contributed by atoms with van der Waals surface area (Å²) < 4.78 is 5.36. The third-order valence-corrected chi connectivity index (χ3v) is 4.28. The number of aromatic nitrogens is 2. The summed E-state index contributed by atoms with van der Waals surface area (Å²) >= 11 is 0. The van der Waals surface area contributed by atoms with Gasteiger partial charge in [0.15, 0.2) is 5.82 Å². The second-order valence-corrected chi connectivity index (χ2v) is 6.15. The lowest BCUT2D eigenvalue weighted by Crippen LogP contribution is -2.27. The first-order valence-electron chi connectivity index (χ1n) is 8.33. The molecule has 1 aromatic heterocycles. The van der Waals surface area contributed by atoms with E-state index in [9.17, 15) is 4.79 Å². The van der Waals surface area contributed by atoms with Crippen molar-refractivity contribution in [1.29, 1.82) is 0 Å². The Kier molecular flexibility index (Phi) is 4.98. The fourth-order valence-corrected chi connectivity index (χ4v) is 2.96. The van der Waals surface area contributed by atoms with Crippen molar-refractivity contribution >= 4 is 11.7 Å². The molecule has 0 aliphatic carbocycles. The quantitative estimate of drug-likeness (QED) is 0.714. The van der Waals surface area contributed by atoms with Gasteiger partial charge in [0.2, 0.25) is 0 Å². The molecule has 0 saturated heterocycles. The number of nitrogens with zero attached hydrogens (tertiary/aromatic N) is 3. The molecule has 1 heterocycles. The zero-order chi connectivity index (χ0) is 18.7. The fraction of sp³-hybridized carbons (Fsp3) is 0.190. The highest BCUT2D eigenvalue weighted by molar-refractivity contribution is 6.05. The first-order chi connectivity index (χ1) is 12.5. The van der Waals surface area contributed by atoms with Gasteiger partial charge in [-0.2, -0.15) is 0 Å². The van der Waals surface area contributed by atoms with Gasteiger partial charge in [0.1, 0.15) is 5.75 Å². The van der Waals surface area contributed by atoms with Crippen LogP contribution < -0.4 is 9.64 Å². The molecule has 0 aliphatic heterocycles. The molecular weight excluding hydrogens is 326 g/mol. The van der Waals surface area contributed by atoms with Crippen LogP contribution in [0.15, 0.2) is 54.6 Å². The Hall–Kier alpha value is -3.21. The molecule has 0 N–H and O–H groups in total. The van der Waals surface area contributed by atoms with Crippen LogP contribution in [0.4, 0.5) is 5.82 Å². The predicted molar refractivity (Wildman–Crippen MR) is 103 cm³/mol. The zero-order valence-electron chi connectivity index (χ0n) is 15.4. The van der Waals surface area contributed by atoms with Crippen LogP contribution in [0, 0.1) is 13.8 Å². The first-order valence-corrected chi connectivity index (χ1v) is 8.33. The van der Waals surface area contributed by atoms with Crippen molar-refractivity contribution in [1.82, 2.24) is 10.2 Å². The molecule has 0 radical (unpaired) electrons. The van der Waals surface area contributed by atoms with Crippen molar-refractivity contribution in [3.05, 3.63) is 71.3 Å². The minimum Gasteiger partial charge on any atom is -0.496 e. The fourth-order valence-electron chi connectivity index (χ4n) is 2.96. The molecule has 0 fully saturated rings. The van der Waals surface area contributed by atoms with Gasteiger partial charge in [0, 0.05) is 18.2 Å². The molecule has 0 aliphatic rings. The minimum absolute atomic E-state index is 0.138. The Labute approximate surface area is 153 Å². The van der Waals surface area contributed by atoms with Crippen LogP contribution in [0.2, 0.25) is 0 Å². The van der Waals surface area contributed by atoms with Crippen LogP contribution in [0.1, 0.15) is 21.5 Å². The lowest BCUT2D eigenvalue weighted by molar-refractivity contribution is 0.0992. The molecule has 5 heteroatoms. The highest BCUT2D eigenvalue weighted by Gasteiger charge is 2.17. The van der Waals surface area contributed by atoms with E-state index in [0.717, 1.165) is 28.1 Å². The van der Waals surface area contributed by atoms with E-state index in [1.54, 1.807) is 20.2 Å². The highest BCUT2D eigenvalue weighted by Crippen LogP contribution is 2.25. The second-order valence-electron chi connectivity index (χ2n) is 6.15. The van der Waals surface area contributed by atoms with E-state index in [0.29, 0.717) is 11.4 Å². The van der Waals surface area contributed by atoms with E-state index in [1.165, 1.54) is 4.90 Å². The summed E-state index contributed by atoms with van der Waals surface area (Å²) in [5.74, 6) is 1.16. The molecule has 0 saturated carbocycles. The number of amides is 1. The van der Waals surface area contributed by atoms with Crippen molar-refractivity contribution in [2.45, 2.75) is 13.8 Å². The lowest BCUT2D eigenvalue weighted by atomic mass is 10.0. The lowest BCUT2D eigenvalue weighted by Gasteiger charge is -2.17. The van der Waals surface area contributed by atoms with Crippen molar-refractivity contribution in [2.75, 3.05) is 19.1 Å². The summed E-state index contributed by atoms with van der Waals surface area (Å²) in [6.07, 6.45) is 0. The Morgan fingerprint density at radius 2 is 1.62 bits per heavy atom. The van der Waals surface area contributed by atoms with Gasteiger partial charge in [0.25, 0.3) is 5.91 Å². The topological polar surface area (TPSA) is 55.3 Å². The Balaban J connectivity index is 1.85. The van der Waals surface area contributed by atoms with Crippen LogP contribution in [-0.4, -0.2) is 30.3 Å². The minimum atomic E-state index is -0.138. The Morgan fingerprint density at radius 1 is 0.962 bits per heavy atom. The molecule has 1 amide bonds. The van der Waals surface area contributed by atoms with Gasteiger partial charge in [-0.1, -0.05) is 30.3 Å². The zero-order valence-corrected chi connectivity index (χ0v) is 15.4. The second kappa shape index (κ2) is 7.35. The van der Waals surface area contributed by atoms with Crippen LogP contribution >= 0.6 is 0 Å². The molecule has 0 bridgehead atoms. The van der Waals surface area contributed by atoms with E-state index >= 15 is 0 Å². The number of hydrogen-bond donors (Lipinski definition) is 0. The number of aryl methyl sites for hydroxylation is 2. The number of carbonyl (C=O) groups is 1. The maximum atomic E-state index is 12.8. The smallest absolute Gasteiger partial charge is 0.259 e. The average molecular weight is 347 g/mol. The van der Waals surface area contributed by atoms with Crippen LogP contribution in [0.5, 0.6) is 5.75 Å². The molecule has 26 heavy (non-hydrogen) atoms. The summed E-state index contributed by atoms with van der Waals surface area (Å²) in [7, 11) is 3.33. The number of anilines is 1. The van der Waals surface area contributed by atoms with Gasteiger partial charge in [-0.3, -0.25) is 9.69 Å². The van der Waals surface area contributed by atoms with Crippen molar-refractivity contribution in [2.24, 2.45) is 0 Å². The summed E-state index contributed by atoms with van der Waals surface area (Å²) in [6.45, 7) is 3.86. The maximum absolute atomic E-state index is 12.8. The number of benzene rings is 2. The summed E-state index contributed by atoms with van der Waals surface area (Å²) in [5, 5.41) is 8.46. The third-order valence-electron chi connectivity index (χ3n) is 4.28. The van der Waals surface area contributed by atoms with Gasteiger partial charge in [-0.05, 0) is 49.2 Å². The molecule has 0 unspecified atom stereocenters. The van der Waals surface area contributed by atoms with Gasteiger partial charge in [0.05, 0.1) is 12.8 Å². The van der Waals surface area contributed by atoms with Crippen molar-refractivity contribution < 1.29 is 9.53 Å². The number of methoxy groups -OCH3 is 1. The predicted octanol–water partition coefficient (Wildman–Crippen LogP) is 4.05.